The SMILES string of the molecule is COc1ccc2c(c1)c(Cc1ccc(F)cc1)cc1c(Cl)cccc12. The number of fused-ring (bicyclic) bond motifs is 3. The third-order valence-corrected chi connectivity index (χ3v) is 4.87. The van der Waals surface area contributed by atoms with Crippen LogP contribution in [0, 0.1) is 5.82 Å². The maximum Gasteiger partial charge on any atom is 0.123 e. The number of benzene rings is 4. The molecule has 0 amide bonds. The Hall–Kier alpha value is -2.58. The number of methoxy groups -OCH3 is 1. The van der Waals surface area contributed by atoms with E-state index in [2.05, 4.69) is 24.3 Å². The average molecular weight is 351 g/mol. The summed E-state index contributed by atoms with van der Waals surface area (Å²) in [6.45, 7) is 0. The highest BCUT2D eigenvalue weighted by molar-refractivity contribution is 6.36. The first-order chi connectivity index (χ1) is 12.2. The standard InChI is InChI=1S/C22H16ClFO/c1-25-17-9-10-19-18-3-2-4-22(23)21(18)12-15(20(19)13-17)11-14-5-7-16(24)8-6-14/h2-10,12-13H,11H2,1H3. The molecule has 0 aromatic heterocycles. The van der Waals surface area contributed by atoms with Gasteiger partial charge in [0.2, 0.25) is 0 Å². The first-order valence-electron chi connectivity index (χ1n) is 8.08. The summed E-state index contributed by atoms with van der Waals surface area (Å²) >= 11 is 6.44. The molecule has 25 heavy (non-hydrogen) atoms. The Morgan fingerprint density at radius 1 is 0.840 bits per heavy atom. The van der Waals surface area contributed by atoms with E-state index in [1.165, 1.54) is 12.1 Å². The molecule has 0 saturated carbocycles. The molecule has 0 N–H and O–H groups in total. The largest absolute Gasteiger partial charge is 0.497 e. The van der Waals surface area contributed by atoms with Crippen molar-refractivity contribution in [2.24, 2.45) is 0 Å². The average Bonchev–Trinajstić information content (AvgIpc) is 2.64. The van der Waals surface area contributed by atoms with E-state index in [4.69, 9.17) is 16.3 Å². The van der Waals surface area contributed by atoms with Crippen LogP contribution in [0.15, 0.2) is 66.7 Å². The second-order valence-electron chi connectivity index (χ2n) is 6.09. The Balaban J connectivity index is 1.98. The van der Waals surface area contributed by atoms with Crippen molar-refractivity contribution in [3.05, 3.63) is 88.7 Å². The van der Waals surface area contributed by atoms with Crippen molar-refractivity contribution in [2.75, 3.05) is 7.11 Å². The van der Waals surface area contributed by atoms with E-state index in [0.29, 0.717) is 6.42 Å². The molecule has 0 spiro atoms. The van der Waals surface area contributed by atoms with Gasteiger partial charge >= 0.3 is 0 Å². The van der Waals surface area contributed by atoms with E-state index in [-0.39, 0.29) is 5.82 Å². The van der Waals surface area contributed by atoms with Gasteiger partial charge in [-0.15, -0.1) is 0 Å². The quantitative estimate of drug-likeness (QED) is 0.389. The topological polar surface area (TPSA) is 9.23 Å². The monoisotopic (exact) mass is 350 g/mol. The maximum atomic E-state index is 13.2. The van der Waals surface area contributed by atoms with Crippen molar-refractivity contribution in [3.8, 4) is 5.75 Å². The Bertz CT molecular complexity index is 1070. The van der Waals surface area contributed by atoms with Crippen molar-refractivity contribution in [2.45, 2.75) is 6.42 Å². The molecule has 0 fully saturated rings. The van der Waals surface area contributed by atoms with Crippen LogP contribution in [0.3, 0.4) is 0 Å². The third kappa shape index (κ3) is 2.94. The molecule has 4 aromatic carbocycles. The minimum absolute atomic E-state index is 0.225. The minimum Gasteiger partial charge on any atom is -0.497 e. The van der Waals surface area contributed by atoms with Crippen LogP contribution in [0.4, 0.5) is 4.39 Å². The van der Waals surface area contributed by atoms with E-state index >= 15 is 0 Å². The fourth-order valence-electron chi connectivity index (χ4n) is 3.29. The molecule has 124 valence electrons. The maximum absolute atomic E-state index is 13.2. The van der Waals surface area contributed by atoms with Crippen molar-refractivity contribution in [1.29, 1.82) is 0 Å². The van der Waals surface area contributed by atoms with Crippen molar-refractivity contribution >= 4 is 33.1 Å². The molecule has 4 aromatic rings. The smallest absolute Gasteiger partial charge is 0.123 e. The third-order valence-electron chi connectivity index (χ3n) is 4.54. The normalized spacial score (nSPS) is 11.2. The lowest BCUT2D eigenvalue weighted by Gasteiger charge is -2.13. The van der Waals surface area contributed by atoms with Crippen molar-refractivity contribution in [3.63, 3.8) is 0 Å². The second-order valence-corrected chi connectivity index (χ2v) is 6.49. The summed E-state index contributed by atoms with van der Waals surface area (Å²) in [5.41, 5.74) is 2.19. The fourth-order valence-corrected chi connectivity index (χ4v) is 3.52. The summed E-state index contributed by atoms with van der Waals surface area (Å²) in [6.07, 6.45) is 0.700. The van der Waals surface area contributed by atoms with E-state index in [9.17, 15) is 4.39 Å². The van der Waals surface area contributed by atoms with E-state index in [1.807, 2.05) is 30.3 Å². The molecule has 0 aliphatic heterocycles. The lowest BCUT2D eigenvalue weighted by molar-refractivity contribution is 0.415. The Labute approximate surface area is 150 Å². The van der Waals surface area contributed by atoms with Crippen molar-refractivity contribution < 1.29 is 9.13 Å². The molecule has 3 heteroatoms. The van der Waals surface area contributed by atoms with Crippen LogP contribution in [0.1, 0.15) is 11.1 Å². The number of hydrogen-bond acceptors (Lipinski definition) is 1. The van der Waals surface area contributed by atoms with Crippen LogP contribution in [0.25, 0.3) is 21.5 Å². The number of ether oxygens (including phenoxy) is 1. The van der Waals surface area contributed by atoms with Gasteiger partial charge in [-0.25, -0.2) is 4.39 Å². The molecule has 4 rings (SSSR count). The second kappa shape index (κ2) is 6.38. The fraction of sp³-hybridized carbons (Fsp3) is 0.0909. The first kappa shape index (κ1) is 15.9. The van der Waals surface area contributed by atoms with Gasteiger partial charge in [0.05, 0.1) is 7.11 Å². The lowest BCUT2D eigenvalue weighted by Crippen LogP contribution is -1.93. The molecule has 0 saturated heterocycles. The predicted molar refractivity (Wildman–Crippen MR) is 102 cm³/mol. The Morgan fingerprint density at radius 3 is 2.36 bits per heavy atom. The van der Waals surface area contributed by atoms with Gasteiger partial charge in [-0.3, -0.25) is 0 Å². The zero-order valence-corrected chi connectivity index (χ0v) is 14.5. The molecular weight excluding hydrogens is 335 g/mol. The highest BCUT2D eigenvalue weighted by Gasteiger charge is 2.11. The zero-order valence-electron chi connectivity index (χ0n) is 13.7. The molecule has 0 heterocycles. The number of rotatable bonds is 3. The van der Waals surface area contributed by atoms with E-state index in [0.717, 1.165) is 43.4 Å². The summed E-state index contributed by atoms with van der Waals surface area (Å²) in [5.74, 6) is 0.589. The van der Waals surface area contributed by atoms with Gasteiger partial charge in [0, 0.05) is 10.4 Å². The lowest BCUT2D eigenvalue weighted by atomic mass is 9.93. The first-order valence-corrected chi connectivity index (χ1v) is 8.46. The summed E-state index contributed by atoms with van der Waals surface area (Å²) < 4.78 is 18.6. The number of hydrogen-bond donors (Lipinski definition) is 0. The summed E-state index contributed by atoms with van der Waals surface area (Å²) in [4.78, 5) is 0. The molecule has 0 aliphatic rings. The zero-order chi connectivity index (χ0) is 17.4. The van der Waals surface area contributed by atoms with Gasteiger partial charge in [0.25, 0.3) is 0 Å². The van der Waals surface area contributed by atoms with Crippen LogP contribution in [-0.2, 0) is 6.42 Å². The van der Waals surface area contributed by atoms with Crippen LogP contribution in [0.2, 0.25) is 5.02 Å². The molecule has 0 aliphatic carbocycles. The summed E-state index contributed by atoms with van der Waals surface area (Å²) in [7, 11) is 1.67. The van der Waals surface area contributed by atoms with E-state index in [1.54, 1.807) is 7.11 Å². The van der Waals surface area contributed by atoms with Gasteiger partial charge in [-0.1, -0.05) is 41.9 Å². The highest BCUT2D eigenvalue weighted by atomic mass is 35.5. The summed E-state index contributed by atoms with van der Waals surface area (Å²) in [5, 5.41) is 5.14. The highest BCUT2D eigenvalue weighted by Crippen LogP contribution is 2.35. The minimum atomic E-state index is -0.225. The van der Waals surface area contributed by atoms with Crippen LogP contribution < -0.4 is 4.74 Å². The van der Waals surface area contributed by atoms with Gasteiger partial charge in [0.1, 0.15) is 11.6 Å². The molecule has 1 nitrogen and oxygen atoms in total. The number of halogens is 2. The van der Waals surface area contributed by atoms with Crippen molar-refractivity contribution in [1.82, 2.24) is 0 Å². The van der Waals surface area contributed by atoms with Gasteiger partial charge in [-0.2, -0.15) is 0 Å². The van der Waals surface area contributed by atoms with Crippen LogP contribution in [-0.4, -0.2) is 7.11 Å². The van der Waals surface area contributed by atoms with Gasteiger partial charge in [0.15, 0.2) is 0 Å². The Morgan fingerprint density at radius 2 is 1.60 bits per heavy atom. The van der Waals surface area contributed by atoms with E-state index < -0.39 is 0 Å². The van der Waals surface area contributed by atoms with Crippen LogP contribution in [0.5, 0.6) is 5.75 Å². The molecular formula is C22H16ClFO. The summed E-state index contributed by atoms with van der Waals surface area (Å²) in [6, 6.07) is 20.8. The van der Waals surface area contributed by atoms with Crippen LogP contribution >= 0.6 is 11.6 Å². The molecule has 0 atom stereocenters. The molecule has 0 radical (unpaired) electrons. The van der Waals surface area contributed by atoms with Gasteiger partial charge in [-0.05, 0) is 70.1 Å². The Kier molecular flexibility index (Phi) is 4.06. The molecule has 0 unspecified atom stereocenters. The molecule has 0 bridgehead atoms. The van der Waals surface area contributed by atoms with Gasteiger partial charge < -0.3 is 4.74 Å². The predicted octanol–water partition coefficient (Wildman–Crippen LogP) is 6.38.